The van der Waals surface area contributed by atoms with Crippen LogP contribution >= 0.6 is 23.4 Å². The molecule has 1 heterocycles. The Morgan fingerprint density at radius 2 is 2.07 bits per heavy atom. The molecule has 9 heteroatoms. The topological polar surface area (TPSA) is 69.0 Å². The van der Waals surface area contributed by atoms with E-state index in [1.165, 1.54) is 30.0 Å². The van der Waals surface area contributed by atoms with Crippen LogP contribution in [0.25, 0.3) is 0 Å². The predicted octanol–water partition coefficient (Wildman–Crippen LogP) is 4.23. The summed E-state index contributed by atoms with van der Waals surface area (Å²) in [6.07, 6.45) is 0. The molecule has 0 radical (unpaired) electrons. The third kappa shape index (κ3) is 5.02. The van der Waals surface area contributed by atoms with Crippen LogP contribution < -0.4 is 10.1 Å². The van der Waals surface area contributed by atoms with Gasteiger partial charge in [-0.3, -0.25) is 4.79 Å². The van der Waals surface area contributed by atoms with Gasteiger partial charge in [-0.05, 0) is 36.8 Å². The lowest BCUT2D eigenvalue weighted by atomic mass is 10.2. The number of aryl methyl sites for hydroxylation is 1. The number of para-hydroxylation sites is 1. The first-order chi connectivity index (χ1) is 13.4. The van der Waals surface area contributed by atoms with Crippen LogP contribution in [-0.4, -0.2) is 26.4 Å². The number of hydrogen-bond acceptors (Lipinski definition) is 5. The van der Waals surface area contributed by atoms with Crippen LogP contribution in [0.4, 0.5) is 10.1 Å². The first kappa shape index (κ1) is 20.2. The highest BCUT2D eigenvalue weighted by Gasteiger charge is 2.13. The van der Waals surface area contributed by atoms with Gasteiger partial charge in [0.15, 0.2) is 11.0 Å². The fourth-order valence-corrected chi connectivity index (χ4v) is 3.27. The highest BCUT2D eigenvalue weighted by Crippen LogP contribution is 2.21. The minimum atomic E-state index is -0.534. The number of ether oxygens (including phenoxy) is 1. The fraction of sp³-hybridized carbons (Fsp3) is 0.211. The van der Waals surface area contributed by atoms with Gasteiger partial charge in [-0.2, -0.15) is 0 Å². The van der Waals surface area contributed by atoms with E-state index in [-0.39, 0.29) is 23.3 Å². The van der Waals surface area contributed by atoms with Gasteiger partial charge in [0.2, 0.25) is 5.91 Å². The zero-order valence-electron chi connectivity index (χ0n) is 15.3. The summed E-state index contributed by atoms with van der Waals surface area (Å²) in [6.45, 7) is 2.25. The largest absolute Gasteiger partial charge is 0.485 e. The maximum absolute atomic E-state index is 13.2. The van der Waals surface area contributed by atoms with Gasteiger partial charge in [-0.15, -0.1) is 10.2 Å². The monoisotopic (exact) mass is 420 g/mol. The summed E-state index contributed by atoms with van der Waals surface area (Å²) < 4.78 is 20.7. The third-order valence-electron chi connectivity index (χ3n) is 3.91. The second kappa shape index (κ2) is 9.07. The molecule has 6 nitrogen and oxygen atoms in total. The molecule has 1 N–H and O–H groups in total. The molecule has 0 fully saturated rings. The number of carbonyl (C=O) groups excluding carboxylic acids is 1. The van der Waals surface area contributed by atoms with Crippen molar-refractivity contribution in [2.24, 2.45) is 7.05 Å². The lowest BCUT2D eigenvalue weighted by Gasteiger charge is -2.09. The molecule has 0 bridgehead atoms. The molecule has 1 amide bonds. The molecule has 0 unspecified atom stereocenters. The van der Waals surface area contributed by atoms with Crippen molar-refractivity contribution in [3.8, 4) is 5.75 Å². The normalized spacial score (nSPS) is 10.7. The molecular formula is C19H18ClFN4O2S. The number of amides is 1. The number of carbonyl (C=O) groups is 1. The van der Waals surface area contributed by atoms with Gasteiger partial charge in [-0.25, -0.2) is 4.39 Å². The number of rotatable bonds is 7. The maximum atomic E-state index is 13.2. The Hall–Kier alpha value is -2.58. The molecule has 2 aromatic carbocycles. The summed E-state index contributed by atoms with van der Waals surface area (Å²) in [5.74, 6) is 0.773. The zero-order valence-corrected chi connectivity index (χ0v) is 16.9. The van der Waals surface area contributed by atoms with Crippen molar-refractivity contribution in [3.63, 3.8) is 0 Å². The minimum absolute atomic E-state index is 0.0444. The average molecular weight is 421 g/mol. The SMILES string of the molecule is Cc1ccccc1OCc1nnc(SCC(=O)Nc2ccc(F)c(Cl)c2)n1C. The van der Waals surface area contributed by atoms with Gasteiger partial charge in [0.05, 0.1) is 10.8 Å². The number of nitrogens with one attached hydrogen (secondary N) is 1. The molecule has 28 heavy (non-hydrogen) atoms. The van der Waals surface area contributed by atoms with Crippen LogP contribution in [0.2, 0.25) is 5.02 Å². The number of halogens is 2. The average Bonchev–Trinajstić information content (AvgIpc) is 3.02. The second-order valence-electron chi connectivity index (χ2n) is 5.98. The molecule has 0 aliphatic carbocycles. The Morgan fingerprint density at radius 3 is 2.82 bits per heavy atom. The van der Waals surface area contributed by atoms with Gasteiger partial charge >= 0.3 is 0 Å². The molecule has 146 valence electrons. The van der Waals surface area contributed by atoms with Crippen molar-refractivity contribution in [1.82, 2.24) is 14.8 Å². The van der Waals surface area contributed by atoms with Gasteiger partial charge in [0.25, 0.3) is 0 Å². The third-order valence-corrected chi connectivity index (χ3v) is 5.22. The highest BCUT2D eigenvalue weighted by atomic mass is 35.5. The first-order valence-electron chi connectivity index (χ1n) is 8.38. The molecule has 3 aromatic rings. The predicted molar refractivity (Wildman–Crippen MR) is 107 cm³/mol. The lowest BCUT2D eigenvalue weighted by molar-refractivity contribution is -0.113. The van der Waals surface area contributed by atoms with E-state index in [1.54, 1.807) is 4.57 Å². The Labute approximate surface area is 171 Å². The molecule has 0 saturated carbocycles. The minimum Gasteiger partial charge on any atom is -0.485 e. The van der Waals surface area contributed by atoms with Crippen molar-refractivity contribution < 1.29 is 13.9 Å². The van der Waals surface area contributed by atoms with Gasteiger partial charge in [0.1, 0.15) is 18.2 Å². The number of nitrogens with zero attached hydrogens (tertiary/aromatic N) is 3. The Bertz CT molecular complexity index is 996. The standard InChI is InChI=1S/C19H18ClFN4O2S/c1-12-5-3-4-6-16(12)27-10-17-23-24-19(25(17)2)28-11-18(26)22-13-7-8-15(21)14(20)9-13/h3-9H,10-11H2,1-2H3,(H,22,26). The highest BCUT2D eigenvalue weighted by molar-refractivity contribution is 7.99. The summed E-state index contributed by atoms with van der Waals surface area (Å²) in [5.41, 5.74) is 1.47. The maximum Gasteiger partial charge on any atom is 0.234 e. The Kier molecular flexibility index (Phi) is 6.53. The van der Waals surface area contributed by atoms with Gasteiger partial charge < -0.3 is 14.6 Å². The van der Waals surface area contributed by atoms with E-state index in [1.807, 2.05) is 38.2 Å². The molecule has 0 aliphatic rings. The number of thioether (sulfide) groups is 1. The molecular weight excluding hydrogens is 403 g/mol. The van der Waals surface area contributed by atoms with E-state index in [4.69, 9.17) is 16.3 Å². The quantitative estimate of drug-likeness (QED) is 0.579. The molecule has 3 rings (SSSR count). The van der Waals surface area contributed by atoms with Crippen molar-refractivity contribution in [2.45, 2.75) is 18.7 Å². The number of benzene rings is 2. The Balaban J connectivity index is 1.54. The summed E-state index contributed by atoms with van der Waals surface area (Å²) in [7, 11) is 1.82. The smallest absolute Gasteiger partial charge is 0.234 e. The number of aromatic nitrogens is 3. The van der Waals surface area contributed by atoms with Gasteiger partial charge in [-0.1, -0.05) is 41.6 Å². The second-order valence-corrected chi connectivity index (χ2v) is 7.33. The lowest BCUT2D eigenvalue weighted by Crippen LogP contribution is -2.14. The fourth-order valence-electron chi connectivity index (χ4n) is 2.36. The van der Waals surface area contributed by atoms with Crippen LogP contribution in [0, 0.1) is 12.7 Å². The van der Waals surface area contributed by atoms with Crippen LogP contribution in [0.5, 0.6) is 5.75 Å². The van der Waals surface area contributed by atoms with E-state index >= 15 is 0 Å². The van der Waals surface area contributed by atoms with Crippen LogP contribution in [0.15, 0.2) is 47.6 Å². The van der Waals surface area contributed by atoms with Crippen LogP contribution in [0.3, 0.4) is 0 Å². The molecule has 1 aromatic heterocycles. The van der Waals surface area contributed by atoms with E-state index in [0.29, 0.717) is 16.7 Å². The van der Waals surface area contributed by atoms with Crippen molar-refractivity contribution in [3.05, 3.63) is 64.7 Å². The van der Waals surface area contributed by atoms with E-state index in [9.17, 15) is 9.18 Å². The molecule has 0 aliphatic heterocycles. The summed E-state index contributed by atoms with van der Waals surface area (Å²) in [5, 5.41) is 11.4. The van der Waals surface area contributed by atoms with Gasteiger partial charge in [0, 0.05) is 12.7 Å². The molecule has 0 saturated heterocycles. The molecule has 0 atom stereocenters. The number of anilines is 1. The van der Waals surface area contributed by atoms with Crippen molar-refractivity contribution >= 4 is 35.0 Å². The van der Waals surface area contributed by atoms with E-state index in [2.05, 4.69) is 15.5 Å². The first-order valence-corrected chi connectivity index (χ1v) is 9.75. The van der Waals surface area contributed by atoms with Crippen LogP contribution in [-0.2, 0) is 18.4 Å². The Morgan fingerprint density at radius 1 is 1.29 bits per heavy atom. The summed E-state index contributed by atoms with van der Waals surface area (Å²) in [4.78, 5) is 12.1. The van der Waals surface area contributed by atoms with Crippen molar-refractivity contribution in [1.29, 1.82) is 0 Å². The molecule has 0 spiro atoms. The summed E-state index contributed by atoms with van der Waals surface area (Å²) in [6, 6.07) is 11.7. The van der Waals surface area contributed by atoms with Crippen molar-refractivity contribution in [2.75, 3.05) is 11.1 Å². The van der Waals surface area contributed by atoms with Crippen LogP contribution in [0.1, 0.15) is 11.4 Å². The summed E-state index contributed by atoms with van der Waals surface area (Å²) >= 11 is 6.95. The zero-order chi connectivity index (χ0) is 20.1. The number of hydrogen-bond donors (Lipinski definition) is 1. The van der Waals surface area contributed by atoms with E-state index < -0.39 is 5.82 Å². The van der Waals surface area contributed by atoms with E-state index in [0.717, 1.165) is 11.3 Å².